The molecule has 1 unspecified atom stereocenters. The number of esters is 2. The van der Waals surface area contributed by atoms with Gasteiger partial charge in [-0.3, -0.25) is 14.5 Å². The van der Waals surface area contributed by atoms with E-state index in [4.69, 9.17) is 9.47 Å². The highest BCUT2D eigenvalue weighted by atomic mass is 32.2. The van der Waals surface area contributed by atoms with Gasteiger partial charge in [0.05, 0.1) is 5.92 Å². The lowest BCUT2D eigenvalue weighted by molar-refractivity contribution is -0.155. The molecule has 1 aliphatic rings. The van der Waals surface area contributed by atoms with Gasteiger partial charge < -0.3 is 14.4 Å². The van der Waals surface area contributed by atoms with E-state index >= 15 is 0 Å². The van der Waals surface area contributed by atoms with Gasteiger partial charge in [-0.05, 0) is 82.4 Å². The summed E-state index contributed by atoms with van der Waals surface area (Å²) < 4.78 is 11.7. The summed E-state index contributed by atoms with van der Waals surface area (Å²) >= 11 is 1.77. The highest BCUT2D eigenvalue weighted by Crippen LogP contribution is 2.32. The molecular weight excluding hydrogens is 520 g/mol. The average Bonchev–Trinajstić information content (AvgIpc) is 3.39. The van der Waals surface area contributed by atoms with Gasteiger partial charge in [0.2, 0.25) is 0 Å². The van der Waals surface area contributed by atoms with Crippen LogP contribution in [0.5, 0.6) is 0 Å². The first kappa shape index (κ1) is 32.2. The molecule has 0 spiro atoms. The predicted octanol–water partition coefficient (Wildman–Crippen LogP) is 5.79. The molecule has 1 saturated carbocycles. The van der Waals surface area contributed by atoms with Crippen LogP contribution in [0.25, 0.3) is 0 Å². The molecule has 3 rings (SSSR count). The Morgan fingerprint density at radius 3 is 2.30 bits per heavy atom. The van der Waals surface area contributed by atoms with Crippen molar-refractivity contribution in [1.82, 2.24) is 9.80 Å². The Morgan fingerprint density at radius 1 is 0.950 bits per heavy atom. The van der Waals surface area contributed by atoms with E-state index in [1.54, 1.807) is 11.8 Å². The van der Waals surface area contributed by atoms with E-state index in [-0.39, 0.29) is 30.0 Å². The Morgan fingerprint density at radius 2 is 1.65 bits per heavy atom. The third-order valence-corrected chi connectivity index (χ3v) is 9.11. The standard InChI is InChI=1S/C33H48N2O4S/c1-6-35(7-2)20-21-38-32(36)25(3)28-18-16-26(17-19-28)22-29-14-11-15-31(29)39-33(37)30(34(4)5)24-40-23-27-12-9-8-10-13-27/h8-10,12-13,16-19,25,29-31H,6-7,11,14-15,20-24H2,1-5H3/t25-,29+,30?,31-/m0/s1. The molecule has 4 atom stereocenters. The maximum absolute atomic E-state index is 13.2. The lowest BCUT2D eigenvalue weighted by Gasteiger charge is -2.26. The lowest BCUT2D eigenvalue weighted by atomic mass is 9.93. The average molecular weight is 569 g/mol. The summed E-state index contributed by atoms with van der Waals surface area (Å²) in [6.45, 7) is 9.22. The van der Waals surface area contributed by atoms with E-state index in [0.29, 0.717) is 18.3 Å². The number of likely N-dealkylation sites (N-methyl/N-ethyl adjacent to an activating group) is 2. The maximum Gasteiger partial charge on any atom is 0.324 e. The van der Waals surface area contributed by atoms with Gasteiger partial charge in [-0.1, -0.05) is 68.4 Å². The van der Waals surface area contributed by atoms with Gasteiger partial charge in [-0.2, -0.15) is 11.8 Å². The van der Waals surface area contributed by atoms with Gasteiger partial charge in [-0.25, -0.2) is 0 Å². The Balaban J connectivity index is 1.49. The van der Waals surface area contributed by atoms with Gasteiger partial charge in [-0.15, -0.1) is 0 Å². The second-order valence-electron chi connectivity index (χ2n) is 11.0. The zero-order chi connectivity index (χ0) is 28.9. The van der Waals surface area contributed by atoms with Crippen molar-refractivity contribution < 1.29 is 19.1 Å². The fourth-order valence-electron chi connectivity index (χ4n) is 5.23. The SMILES string of the molecule is CCN(CC)CCOC(=O)[C@@H](C)c1ccc(C[C@H]2CCC[C@@H]2OC(=O)C(CSCc2ccccc2)N(C)C)cc1. The summed E-state index contributed by atoms with van der Waals surface area (Å²) in [7, 11) is 3.90. The number of rotatable bonds is 16. The summed E-state index contributed by atoms with van der Waals surface area (Å²) in [6.07, 6.45) is 3.88. The minimum absolute atomic E-state index is 0.0477. The van der Waals surface area contributed by atoms with E-state index in [2.05, 4.69) is 43.0 Å². The molecule has 1 fully saturated rings. The first-order valence-corrected chi connectivity index (χ1v) is 15.9. The molecule has 0 saturated heterocycles. The normalized spacial score (nSPS) is 18.6. The minimum Gasteiger partial charge on any atom is -0.464 e. The second kappa shape index (κ2) is 16.8. The van der Waals surface area contributed by atoms with Crippen molar-refractivity contribution in [2.75, 3.05) is 46.1 Å². The zero-order valence-corrected chi connectivity index (χ0v) is 25.8. The molecule has 220 valence electrons. The number of nitrogens with zero attached hydrogens (tertiary/aromatic N) is 2. The molecule has 0 bridgehead atoms. The van der Waals surface area contributed by atoms with E-state index in [1.807, 2.05) is 56.3 Å². The monoisotopic (exact) mass is 568 g/mol. The van der Waals surface area contributed by atoms with Gasteiger partial charge in [0.1, 0.15) is 18.8 Å². The van der Waals surface area contributed by atoms with E-state index in [0.717, 1.165) is 56.6 Å². The summed E-state index contributed by atoms with van der Waals surface area (Å²) in [4.78, 5) is 30.0. The fraction of sp³-hybridized carbons (Fsp3) is 0.576. The van der Waals surface area contributed by atoms with Crippen LogP contribution in [0.15, 0.2) is 54.6 Å². The minimum atomic E-state index is -0.298. The lowest BCUT2D eigenvalue weighted by Crippen LogP contribution is -2.41. The van der Waals surface area contributed by atoms with Crippen molar-refractivity contribution in [3.63, 3.8) is 0 Å². The third-order valence-electron chi connectivity index (χ3n) is 8.02. The highest BCUT2D eigenvalue weighted by Gasteiger charge is 2.33. The van der Waals surface area contributed by atoms with Crippen LogP contribution in [0.1, 0.15) is 62.6 Å². The first-order valence-electron chi connectivity index (χ1n) is 14.8. The van der Waals surface area contributed by atoms with Gasteiger partial charge in [0, 0.05) is 18.1 Å². The molecule has 0 aliphatic heterocycles. The predicted molar refractivity (Wildman–Crippen MR) is 165 cm³/mol. The molecule has 0 heterocycles. The second-order valence-corrected chi connectivity index (χ2v) is 12.0. The van der Waals surface area contributed by atoms with Gasteiger partial charge >= 0.3 is 11.9 Å². The van der Waals surface area contributed by atoms with Crippen LogP contribution in [0.4, 0.5) is 0 Å². The summed E-state index contributed by atoms with van der Waals surface area (Å²) in [6, 6.07) is 18.4. The number of thioether (sulfide) groups is 1. The van der Waals surface area contributed by atoms with Gasteiger partial charge in [0.25, 0.3) is 0 Å². The Labute approximate surface area is 245 Å². The first-order chi connectivity index (χ1) is 19.3. The molecule has 0 amide bonds. The van der Waals surface area contributed by atoms with Crippen molar-refractivity contribution in [2.24, 2.45) is 5.92 Å². The van der Waals surface area contributed by atoms with Gasteiger partial charge in [0.15, 0.2) is 0 Å². The van der Waals surface area contributed by atoms with Crippen LogP contribution in [0.3, 0.4) is 0 Å². The molecule has 1 aliphatic carbocycles. The molecule has 0 N–H and O–H groups in total. The molecule has 0 radical (unpaired) electrons. The molecule has 2 aromatic rings. The largest absolute Gasteiger partial charge is 0.464 e. The van der Waals surface area contributed by atoms with Crippen molar-refractivity contribution in [3.8, 4) is 0 Å². The number of carbonyl (C=O) groups excluding carboxylic acids is 2. The summed E-state index contributed by atoms with van der Waals surface area (Å²) in [5, 5.41) is 0. The topological polar surface area (TPSA) is 59.1 Å². The van der Waals surface area contributed by atoms with Crippen LogP contribution in [-0.4, -0.2) is 80.0 Å². The molecule has 7 heteroatoms. The third kappa shape index (κ3) is 9.93. The molecule has 2 aromatic carbocycles. The van der Waals surface area contributed by atoms with E-state index in [9.17, 15) is 9.59 Å². The number of carbonyl (C=O) groups is 2. The molecule has 40 heavy (non-hydrogen) atoms. The molecule has 0 aromatic heterocycles. The Kier molecular flexibility index (Phi) is 13.5. The highest BCUT2D eigenvalue weighted by molar-refractivity contribution is 7.98. The van der Waals surface area contributed by atoms with E-state index < -0.39 is 0 Å². The number of ether oxygens (including phenoxy) is 2. The Hall–Kier alpha value is -2.35. The Bertz CT molecular complexity index is 1030. The quantitative estimate of drug-likeness (QED) is 0.238. The number of hydrogen-bond donors (Lipinski definition) is 0. The summed E-state index contributed by atoms with van der Waals surface area (Å²) in [5.74, 6) is 1.31. The van der Waals surface area contributed by atoms with Crippen LogP contribution in [0.2, 0.25) is 0 Å². The van der Waals surface area contributed by atoms with Crippen molar-refractivity contribution >= 4 is 23.7 Å². The summed E-state index contributed by atoms with van der Waals surface area (Å²) in [5.41, 5.74) is 3.44. The number of hydrogen-bond acceptors (Lipinski definition) is 7. The fourth-order valence-corrected chi connectivity index (χ4v) is 6.43. The number of benzene rings is 2. The van der Waals surface area contributed by atoms with E-state index in [1.165, 1.54) is 11.1 Å². The van der Waals surface area contributed by atoms with Crippen LogP contribution < -0.4 is 0 Å². The smallest absolute Gasteiger partial charge is 0.324 e. The van der Waals surface area contributed by atoms with Crippen LogP contribution in [0, 0.1) is 5.92 Å². The van der Waals surface area contributed by atoms with Crippen molar-refractivity contribution in [1.29, 1.82) is 0 Å². The maximum atomic E-state index is 13.2. The van der Waals surface area contributed by atoms with Crippen LogP contribution in [-0.2, 0) is 31.2 Å². The van der Waals surface area contributed by atoms with Crippen molar-refractivity contribution in [2.45, 2.75) is 70.3 Å². The molecule has 6 nitrogen and oxygen atoms in total. The zero-order valence-electron chi connectivity index (χ0n) is 25.0. The van der Waals surface area contributed by atoms with Crippen molar-refractivity contribution in [3.05, 3.63) is 71.3 Å². The van der Waals surface area contributed by atoms with Crippen LogP contribution >= 0.6 is 11.8 Å². The molecular formula is C33H48N2O4S.